The number of amides is 2. The topological polar surface area (TPSA) is 58.6 Å². The number of halogens is 1. The minimum atomic E-state index is -0.317. The van der Waals surface area contributed by atoms with Gasteiger partial charge in [0.05, 0.1) is 19.0 Å². The van der Waals surface area contributed by atoms with Crippen molar-refractivity contribution < 1.29 is 18.7 Å². The molecule has 6 heteroatoms. The van der Waals surface area contributed by atoms with Gasteiger partial charge in [0.2, 0.25) is 5.91 Å². The van der Waals surface area contributed by atoms with Crippen LogP contribution in [0.25, 0.3) is 0 Å². The molecule has 0 spiro atoms. The molecule has 1 atom stereocenters. The van der Waals surface area contributed by atoms with Gasteiger partial charge in [-0.25, -0.2) is 4.39 Å². The molecule has 0 saturated heterocycles. The monoisotopic (exact) mass is 418 g/mol. The van der Waals surface area contributed by atoms with Crippen molar-refractivity contribution >= 4 is 17.5 Å². The molecule has 2 amide bonds. The summed E-state index contributed by atoms with van der Waals surface area (Å²) in [7, 11) is 0. The Hall–Kier alpha value is -3.67. The highest BCUT2D eigenvalue weighted by atomic mass is 19.1. The van der Waals surface area contributed by atoms with Crippen LogP contribution in [-0.4, -0.2) is 23.3 Å². The van der Waals surface area contributed by atoms with Gasteiger partial charge >= 0.3 is 0 Å². The number of benzene rings is 3. The Morgan fingerprint density at radius 1 is 1.10 bits per heavy atom. The van der Waals surface area contributed by atoms with Gasteiger partial charge in [0, 0.05) is 11.3 Å². The van der Waals surface area contributed by atoms with Crippen LogP contribution in [0.15, 0.2) is 72.8 Å². The van der Waals surface area contributed by atoms with E-state index in [2.05, 4.69) is 5.32 Å². The van der Waals surface area contributed by atoms with Gasteiger partial charge in [-0.05, 0) is 48.4 Å². The fourth-order valence-electron chi connectivity index (χ4n) is 3.68. The van der Waals surface area contributed by atoms with Crippen LogP contribution in [0.5, 0.6) is 5.75 Å². The lowest BCUT2D eigenvalue weighted by Gasteiger charge is -2.28. The van der Waals surface area contributed by atoms with Crippen molar-refractivity contribution in [3.05, 3.63) is 95.3 Å². The predicted molar refractivity (Wildman–Crippen MR) is 116 cm³/mol. The van der Waals surface area contributed by atoms with Gasteiger partial charge in [-0.15, -0.1) is 0 Å². The molecule has 0 aliphatic carbocycles. The smallest absolute Gasteiger partial charge is 0.261 e. The maximum atomic E-state index is 13.3. The van der Waals surface area contributed by atoms with Crippen molar-refractivity contribution in [1.29, 1.82) is 0 Å². The highest BCUT2D eigenvalue weighted by Crippen LogP contribution is 2.31. The highest BCUT2D eigenvalue weighted by Gasteiger charge is 2.27. The number of hydrogen-bond acceptors (Lipinski definition) is 3. The van der Waals surface area contributed by atoms with E-state index in [0.717, 1.165) is 16.7 Å². The van der Waals surface area contributed by atoms with Gasteiger partial charge in [0.15, 0.2) is 6.61 Å². The molecule has 0 bridgehead atoms. The summed E-state index contributed by atoms with van der Waals surface area (Å²) in [5.74, 6) is 0.0295. The molecule has 158 valence electrons. The van der Waals surface area contributed by atoms with E-state index in [9.17, 15) is 14.0 Å². The Balaban J connectivity index is 1.51. The van der Waals surface area contributed by atoms with E-state index in [-0.39, 0.29) is 36.7 Å². The summed E-state index contributed by atoms with van der Waals surface area (Å²) in [5.41, 5.74) is 3.22. The normalized spacial score (nSPS) is 14.3. The highest BCUT2D eigenvalue weighted by molar-refractivity contribution is 5.92. The molecule has 1 unspecified atom stereocenters. The SMILES string of the molecule is CC(c1ccc(F)cc1)N1Cc2cc(NC(=O)Cc3ccccc3)ccc2OCC1=O. The second-order valence-electron chi connectivity index (χ2n) is 7.57. The Morgan fingerprint density at radius 3 is 2.58 bits per heavy atom. The molecule has 4 rings (SSSR count). The lowest BCUT2D eigenvalue weighted by molar-refractivity contribution is -0.135. The largest absolute Gasteiger partial charge is 0.483 e. The van der Waals surface area contributed by atoms with Crippen LogP contribution in [0.2, 0.25) is 0 Å². The number of fused-ring (bicyclic) bond motifs is 1. The summed E-state index contributed by atoms with van der Waals surface area (Å²) in [6.07, 6.45) is 0.278. The van der Waals surface area contributed by atoms with E-state index in [4.69, 9.17) is 4.74 Å². The third kappa shape index (κ3) is 4.91. The number of anilines is 1. The van der Waals surface area contributed by atoms with Crippen molar-refractivity contribution in [2.45, 2.75) is 25.9 Å². The Kier molecular flexibility index (Phi) is 5.98. The standard InChI is InChI=1S/C25H23FN2O3/c1-17(19-7-9-21(26)10-8-19)28-15-20-14-22(11-12-23(20)31-16-25(28)30)27-24(29)13-18-5-3-2-4-6-18/h2-12,14,17H,13,15-16H2,1H3,(H,27,29). The molecule has 0 fully saturated rings. The molecule has 1 N–H and O–H groups in total. The van der Waals surface area contributed by atoms with Crippen LogP contribution in [-0.2, 0) is 22.6 Å². The molecule has 0 radical (unpaired) electrons. The zero-order valence-corrected chi connectivity index (χ0v) is 17.2. The second kappa shape index (κ2) is 9.00. The Bertz CT molecular complexity index is 1080. The van der Waals surface area contributed by atoms with Crippen molar-refractivity contribution in [2.24, 2.45) is 0 Å². The molecule has 3 aromatic carbocycles. The van der Waals surface area contributed by atoms with Crippen LogP contribution in [0.1, 0.15) is 29.7 Å². The van der Waals surface area contributed by atoms with Gasteiger partial charge in [-0.2, -0.15) is 0 Å². The summed E-state index contributed by atoms with van der Waals surface area (Å²) >= 11 is 0. The first-order valence-electron chi connectivity index (χ1n) is 10.1. The fourth-order valence-corrected chi connectivity index (χ4v) is 3.68. The van der Waals surface area contributed by atoms with Crippen LogP contribution in [0, 0.1) is 5.82 Å². The molecule has 31 heavy (non-hydrogen) atoms. The summed E-state index contributed by atoms with van der Waals surface area (Å²) in [6.45, 7) is 2.16. The first kappa shape index (κ1) is 20.6. The molecule has 3 aromatic rings. The number of carbonyl (C=O) groups is 2. The van der Waals surface area contributed by atoms with Gasteiger partial charge in [-0.3, -0.25) is 9.59 Å². The first-order chi connectivity index (χ1) is 15.0. The molecule has 1 aliphatic heterocycles. The van der Waals surface area contributed by atoms with Crippen LogP contribution in [0.4, 0.5) is 10.1 Å². The van der Waals surface area contributed by atoms with E-state index in [1.165, 1.54) is 12.1 Å². The molecule has 5 nitrogen and oxygen atoms in total. The Labute approximate surface area is 180 Å². The van der Waals surface area contributed by atoms with E-state index in [1.54, 1.807) is 29.2 Å². The summed E-state index contributed by atoms with van der Waals surface area (Å²) in [5, 5.41) is 2.91. The average molecular weight is 418 g/mol. The number of nitrogens with zero attached hydrogens (tertiary/aromatic N) is 1. The predicted octanol–water partition coefficient (Wildman–Crippen LogP) is 4.49. The summed E-state index contributed by atoms with van der Waals surface area (Å²) in [4.78, 5) is 26.8. The molecular formula is C25H23FN2O3. The van der Waals surface area contributed by atoms with E-state index in [0.29, 0.717) is 18.0 Å². The van der Waals surface area contributed by atoms with Gasteiger partial charge in [0.1, 0.15) is 11.6 Å². The average Bonchev–Trinajstić information content (AvgIpc) is 2.93. The second-order valence-corrected chi connectivity index (χ2v) is 7.57. The van der Waals surface area contributed by atoms with E-state index < -0.39 is 0 Å². The van der Waals surface area contributed by atoms with E-state index in [1.807, 2.05) is 43.3 Å². The maximum absolute atomic E-state index is 13.3. The fraction of sp³-hybridized carbons (Fsp3) is 0.200. The Morgan fingerprint density at radius 2 is 1.84 bits per heavy atom. The zero-order chi connectivity index (χ0) is 21.8. The minimum absolute atomic E-state index is 0.0712. The van der Waals surface area contributed by atoms with Crippen molar-refractivity contribution in [3.8, 4) is 5.75 Å². The van der Waals surface area contributed by atoms with Crippen LogP contribution in [0.3, 0.4) is 0 Å². The number of ether oxygens (including phenoxy) is 1. The molecular weight excluding hydrogens is 395 g/mol. The third-order valence-corrected chi connectivity index (χ3v) is 5.38. The minimum Gasteiger partial charge on any atom is -0.483 e. The summed E-state index contributed by atoms with van der Waals surface area (Å²) < 4.78 is 19.0. The quantitative estimate of drug-likeness (QED) is 0.664. The lowest BCUT2D eigenvalue weighted by atomic mass is 10.1. The molecule has 0 saturated carbocycles. The van der Waals surface area contributed by atoms with Gasteiger partial charge in [-0.1, -0.05) is 42.5 Å². The van der Waals surface area contributed by atoms with Crippen molar-refractivity contribution in [1.82, 2.24) is 4.90 Å². The van der Waals surface area contributed by atoms with Crippen molar-refractivity contribution in [3.63, 3.8) is 0 Å². The molecule has 1 heterocycles. The number of carbonyl (C=O) groups excluding carboxylic acids is 2. The number of hydrogen-bond donors (Lipinski definition) is 1. The number of nitrogens with one attached hydrogen (secondary N) is 1. The number of rotatable bonds is 5. The van der Waals surface area contributed by atoms with Crippen molar-refractivity contribution in [2.75, 3.05) is 11.9 Å². The van der Waals surface area contributed by atoms with E-state index >= 15 is 0 Å². The first-order valence-corrected chi connectivity index (χ1v) is 10.1. The molecule has 0 aromatic heterocycles. The van der Waals surface area contributed by atoms with Gasteiger partial charge < -0.3 is 15.0 Å². The van der Waals surface area contributed by atoms with Gasteiger partial charge in [0.25, 0.3) is 5.91 Å². The summed E-state index contributed by atoms with van der Waals surface area (Å²) in [6, 6.07) is 20.8. The molecule has 1 aliphatic rings. The third-order valence-electron chi connectivity index (χ3n) is 5.38. The zero-order valence-electron chi connectivity index (χ0n) is 17.2. The maximum Gasteiger partial charge on any atom is 0.261 e. The van der Waals surface area contributed by atoms with Crippen LogP contribution < -0.4 is 10.1 Å². The lowest BCUT2D eigenvalue weighted by Crippen LogP contribution is -2.34. The van der Waals surface area contributed by atoms with Crippen LogP contribution >= 0.6 is 0 Å².